The van der Waals surface area contributed by atoms with E-state index < -0.39 is 0 Å². The Bertz CT molecular complexity index is 516. The fourth-order valence-electron chi connectivity index (χ4n) is 1.68. The van der Waals surface area contributed by atoms with E-state index in [1.54, 1.807) is 41.1 Å². The molecule has 0 atom stereocenters. The van der Waals surface area contributed by atoms with E-state index in [0.717, 1.165) is 0 Å². The highest BCUT2D eigenvalue weighted by atomic mass is 19.1. The van der Waals surface area contributed by atoms with Crippen LogP contribution >= 0.6 is 0 Å². The summed E-state index contributed by atoms with van der Waals surface area (Å²) in [5.74, 6) is -0.257. The van der Waals surface area contributed by atoms with Gasteiger partial charge < -0.3 is 4.57 Å². The fourth-order valence-corrected chi connectivity index (χ4v) is 1.68. The molecule has 0 saturated carbocycles. The number of carbonyl (C=O) groups excluding carboxylic acids is 1. The number of hydrogen-bond donors (Lipinski definition) is 0. The molecule has 0 aliphatic carbocycles. The number of aromatic nitrogens is 1. The molecule has 2 nitrogen and oxygen atoms in total. The van der Waals surface area contributed by atoms with Gasteiger partial charge in [-0.1, -0.05) is 18.2 Å². The zero-order valence-corrected chi connectivity index (χ0v) is 8.98. The second-order valence-electron chi connectivity index (χ2n) is 3.67. The third-order valence-electron chi connectivity index (χ3n) is 2.49. The summed E-state index contributed by atoms with van der Waals surface area (Å²) in [7, 11) is 0. The molecule has 0 N–H and O–H groups in total. The maximum absolute atomic E-state index is 13.4. The molecule has 0 aliphatic heterocycles. The lowest BCUT2D eigenvalue weighted by Gasteiger charge is -2.07. The summed E-state index contributed by atoms with van der Waals surface area (Å²) in [6.45, 7) is 1.89. The summed E-state index contributed by atoms with van der Waals surface area (Å²) in [5.41, 5.74) is 1.18. The van der Waals surface area contributed by atoms with Crippen LogP contribution in [0.15, 0.2) is 42.6 Å². The standard InChI is InChI=1S/C13H12FNO/c1-10(16)13-7-4-8-15(13)9-11-5-2-3-6-12(11)14/h2-8H,9H2,1H3. The van der Waals surface area contributed by atoms with Gasteiger partial charge in [-0.05, 0) is 18.2 Å². The van der Waals surface area contributed by atoms with Crippen molar-refractivity contribution >= 4 is 5.78 Å². The minimum atomic E-state index is -0.245. The molecular weight excluding hydrogens is 205 g/mol. The molecule has 2 rings (SSSR count). The van der Waals surface area contributed by atoms with E-state index in [1.807, 2.05) is 0 Å². The van der Waals surface area contributed by atoms with E-state index >= 15 is 0 Å². The van der Waals surface area contributed by atoms with Crippen LogP contribution in [0.2, 0.25) is 0 Å². The van der Waals surface area contributed by atoms with Gasteiger partial charge in [0.05, 0.1) is 12.2 Å². The van der Waals surface area contributed by atoms with Crippen molar-refractivity contribution in [1.29, 1.82) is 0 Å². The van der Waals surface area contributed by atoms with Crippen LogP contribution in [0.1, 0.15) is 23.0 Å². The van der Waals surface area contributed by atoms with Crippen LogP contribution in [0.25, 0.3) is 0 Å². The highest BCUT2D eigenvalue weighted by Crippen LogP contribution is 2.11. The lowest BCUT2D eigenvalue weighted by molar-refractivity contribution is 0.100. The van der Waals surface area contributed by atoms with E-state index in [9.17, 15) is 9.18 Å². The molecule has 0 amide bonds. The Morgan fingerprint density at radius 1 is 1.25 bits per heavy atom. The Morgan fingerprint density at radius 3 is 2.69 bits per heavy atom. The highest BCUT2D eigenvalue weighted by Gasteiger charge is 2.07. The zero-order chi connectivity index (χ0) is 11.5. The fraction of sp³-hybridized carbons (Fsp3) is 0.154. The Hall–Kier alpha value is -1.90. The molecule has 2 aromatic rings. The van der Waals surface area contributed by atoms with Gasteiger partial charge in [-0.3, -0.25) is 4.79 Å². The average molecular weight is 217 g/mol. The van der Waals surface area contributed by atoms with Crippen LogP contribution in [-0.4, -0.2) is 10.4 Å². The summed E-state index contributed by atoms with van der Waals surface area (Å²) >= 11 is 0. The molecule has 0 fully saturated rings. The van der Waals surface area contributed by atoms with Crippen molar-refractivity contribution < 1.29 is 9.18 Å². The molecule has 1 aromatic heterocycles. The van der Waals surface area contributed by atoms with E-state index in [-0.39, 0.29) is 11.6 Å². The van der Waals surface area contributed by atoms with Crippen molar-refractivity contribution in [2.24, 2.45) is 0 Å². The van der Waals surface area contributed by atoms with Crippen molar-refractivity contribution in [2.45, 2.75) is 13.5 Å². The summed E-state index contributed by atoms with van der Waals surface area (Å²) in [6.07, 6.45) is 1.78. The molecule has 0 unspecified atom stereocenters. The maximum Gasteiger partial charge on any atom is 0.176 e. The molecule has 16 heavy (non-hydrogen) atoms. The SMILES string of the molecule is CC(=O)c1cccn1Cc1ccccc1F. The Labute approximate surface area is 93.3 Å². The van der Waals surface area contributed by atoms with E-state index in [2.05, 4.69) is 0 Å². The molecule has 82 valence electrons. The molecule has 0 bridgehead atoms. The van der Waals surface area contributed by atoms with Gasteiger partial charge in [0.15, 0.2) is 5.78 Å². The first-order valence-corrected chi connectivity index (χ1v) is 5.08. The number of carbonyl (C=O) groups is 1. The number of hydrogen-bond acceptors (Lipinski definition) is 1. The largest absolute Gasteiger partial charge is 0.341 e. The molecule has 1 heterocycles. The number of ketones is 1. The van der Waals surface area contributed by atoms with Crippen LogP contribution in [0, 0.1) is 5.82 Å². The van der Waals surface area contributed by atoms with Crippen molar-refractivity contribution in [2.75, 3.05) is 0 Å². The number of Topliss-reactive ketones (excluding diaryl/α,β-unsaturated/α-hetero) is 1. The molecule has 0 aliphatic rings. The van der Waals surface area contributed by atoms with Crippen LogP contribution in [-0.2, 0) is 6.54 Å². The van der Waals surface area contributed by atoms with Crippen molar-refractivity contribution in [3.05, 3.63) is 59.7 Å². The van der Waals surface area contributed by atoms with Gasteiger partial charge in [-0.15, -0.1) is 0 Å². The van der Waals surface area contributed by atoms with Crippen LogP contribution in [0.3, 0.4) is 0 Å². The number of nitrogens with zero attached hydrogens (tertiary/aromatic N) is 1. The second kappa shape index (κ2) is 4.31. The molecule has 0 saturated heterocycles. The Balaban J connectivity index is 2.31. The lowest BCUT2D eigenvalue weighted by Crippen LogP contribution is -2.07. The van der Waals surface area contributed by atoms with Gasteiger partial charge in [0.25, 0.3) is 0 Å². The lowest BCUT2D eigenvalue weighted by atomic mass is 10.2. The minimum absolute atomic E-state index is 0.0126. The highest BCUT2D eigenvalue weighted by molar-refractivity contribution is 5.92. The first-order chi connectivity index (χ1) is 7.68. The summed E-state index contributed by atoms with van der Waals surface area (Å²) in [6, 6.07) is 10.1. The Kier molecular flexibility index (Phi) is 2.86. The van der Waals surface area contributed by atoms with Crippen molar-refractivity contribution in [3.63, 3.8) is 0 Å². The Morgan fingerprint density at radius 2 is 2.00 bits per heavy atom. The third-order valence-corrected chi connectivity index (χ3v) is 2.49. The number of rotatable bonds is 3. The first kappa shape index (κ1) is 10.6. The van der Waals surface area contributed by atoms with E-state index in [4.69, 9.17) is 0 Å². The van der Waals surface area contributed by atoms with Crippen molar-refractivity contribution in [1.82, 2.24) is 4.57 Å². The van der Waals surface area contributed by atoms with Gasteiger partial charge in [0.2, 0.25) is 0 Å². The smallest absolute Gasteiger partial charge is 0.176 e. The van der Waals surface area contributed by atoms with Gasteiger partial charge in [0.1, 0.15) is 5.82 Å². The maximum atomic E-state index is 13.4. The first-order valence-electron chi connectivity index (χ1n) is 5.08. The second-order valence-corrected chi connectivity index (χ2v) is 3.67. The predicted octanol–water partition coefficient (Wildman–Crippen LogP) is 2.88. The van der Waals surface area contributed by atoms with E-state index in [0.29, 0.717) is 17.8 Å². The van der Waals surface area contributed by atoms with Crippen molar-refractivity contribution in [3.8, 4) is 0 Å². The van der Waals surface area contributed by atoms with Gasteiger partial charge in [-0.25, -0.2) is 4.39 Å². The summed E-state index contributed by atoms with van der Waals surface area (Å²) in [4.78, 5) is 11.3. The molecule has 0 radical (unpaired) electrons. The average Bonchev–Trinajstić information content (AvgIpc) is 2.69. The van der Waals surface area contributed by atoms with Gasteiger partial charge in [-0.2, -0.15) is 0 Å². The monoisotopic (exact) mass is 217 g/mol. The zero-order valence-electron chi connectivity index (χ0n) is 8.98. The topological polar surface area (TPSA) is 22.0 Å². The quantitative estimate of drug-likeness (QED) is 0.724. The van der Waals surface area contributed by atoms with Crippen LogP contribution in [0.5, 0.6) is 0 Å². The van der Waals surface area contributed by atoms with Crippen LogP contribution in [0.4, 0.5) is 4.39 Å². The molecular formula is C13H12FNO. The molecule has 0 spiro atoms. The predicted molar refractivity (Wildman–Crippen MR) is 59.9 cm³/mol. The normalized spacial score (nSPS) is 10.4. The third kappa shape index (κ3) is 2.03. The van der Waals surface area contributed by atoms with E-state index in [1.165, 1.54) is 13.0 Å². The molecule has 1 aromatic carbocycles. The summed E-state index contributed by atoms with van der Waals surface area (Å²) in [5, 5.41) is 0. The number of halogens is 1. The van der Waals surface area contributed by atoms with Crippen LogP contribution < -0.4 is 0 Å². The molecule has 3 heteroatoms. The summed E-state index contributed by atoms with van der Waals surface area (Å²) < 4.78 is 15.2. The number of benzene rings is 1. The minimum Gasteiger partial charge on any atom is -0.341 e. The van der Waals surface area contributed by atoms with Gasteiger partial charge >= 0.3 is 0 Å². The van der Waals surface area contributed by atoms with Gasteiger partial charge in [0, 0.05) is 18.7 Å².